The van der Waals surface area contributed by atoms with E-state index in [4.69, 9.17) is 35.4 Å². The van der Waals surface area contributed by atoms with Crippen LogP contribution in [0.3, 0.4) is 0 Å². The Morgan fingerprint density at radius 3 is 2.28 bits per heavy atom. The smallest absolute Gasteiger partial charge is 0.316 e. The van der Waals surface area contributed by atoms with Gasteiger partial charge in [-0.3, -0.25) is 14.5 Å². The number of rotatable bonds is 10. The summed E-state index contributed by atoms with van der Waals surface area (Å²) in [6.45, 7) is 20.4. The van der Waals surface area contributed by atoms with Crippen molar-refractivity contribution < 1.29 is 48.7 Å². The number of methoxy groups -OCH3 is 1. The Morgan fingerprint density at radius 2 is 1.72 bits per heavy atom. The van der Waals surface area contributed by atoms with E-state index in [-0.39, 0.29) is 31.1 Å². The molecule has 3 N–H and O–H groups in total. The maximum absolute atomic E-state index is 14.3. The summed E-state index contributed by atoms with van der Waals surface area (Å²) in [6, 6.07) is 0.0975. The third-order valence-electron chi connectivity index (χ3n) is 12.4. The summed E-state index contributed by atoms with van der Waals surface area (Å²) in [5, 5.41) is 40.1. The first-order valence-corrected chi connectivity index (χ1v) is 20.0. The number of piperidine rings is 1. The molecule has 0 unspecified atom stereocenters. The van der Waals surface area contributed by atoms with E-state index in [0.717, 1.165) is 25.9 Å². The fourth-order valence-corrected chi connectivity index (χ4v) is 8.58. The van der Waals surface area contributed by atoms with Crippen LogP contribution in [0.2, 0.25) is 0 Å². The molecule has 54 heavy (non-hydrogen) atoms. The standard InChI is InChI=1S/C41H71N3O10/c1-14-16-19-43(12)31-22-26(6)51-39(35(31)46)53-37-28(8)34(45)29(9)38(48)52-32(15-2)41(11,49)36(47)27(7)33(25(5)23-40(37,10)50-13)42-54-30-17-20-44(21-18-30)24(3)4/h1,24-32,35-37,39,46-47,49H,15-23H2,2-13H3/b42-33+/t25-,26-,27+,28+,29-,31+,32-,35-,36-,37-,39+,40-,41-/m1/s1. The van der Waals surface area contributed by atoms with Crippen molar-refractivity contribution in [2.24, 2.45) is 28.8 Å². The quantitative estimate of drug-likeness (QED) is 0.128. The van der Waals surface area contributed by atoms with Gasteiger partial charge in [0.2, 0.25) is 0 Å². The average Bonchev–Trinajstić information content (AvgIpc) is 3.14. The van der Waals surface area contributed by atoms with E-state index in [9.17, 15) is 24.9 Å². The first-order chi connectivity index (χ1) is 25.2. The highest BCUT2D eigenvalue weighted by Crippen LogP contribution is 2.39. The zero-order valence-corrected chi connectivity index (χ0v) is 35.0. The molecule has 0 radical (unpaired) electrons. The SMILES string of the molecule is C#CCCN(C)[C@H]1C[C@@H](C)O[C@@H](O[C@@H]2[C@@H](C)C(=O)[C@@H](C)C(=O)O[C@H](CC)[C@@](C)(O)[C@H](O)[C@@H](C)/C(=N/OC3CCN(C(C)C)CC3)[C@H](C)C[C@@]2(C)OC)[C@@H]1O. The van der Waals surface area contributed by atoms with Gasteiger partial charge in [-0.1, -0.05) is 32.9 Å². The number of oxime groups is 1. The van der Waals surface area contributed by atoms with Crippen molar-refractivity contribution in [2.75, 3.05) is 33.8 Å². The molecule has 0 bridgehead atoms. The van der Waals surface area contributed by atoms with Crippen molar-refractivity contribution in [3.05, 3.63) is 0 Å². The fourth-order valence-electron chi connectivity index (χ4n) is 8.58. The number of nitrogens with zero attached hydrogens (tertiary/aromatic N) is 3. The monoisotopic (exact) mass is 766 g/mol. The van der Waals surface area contributed by atoms with E-state index < -0.39 is 77.3 Å². The van der Waals surface area contributed by atoms with Crippen LogP contribution in [0, 0.1) is 36.0 Å². The van der Waals surface area contributed by atoms with Crippen LogP contribution in [0.4, 0.5) is 0 Å². The number of hydrogen-bond acceptors (Lipinski definition) is 13. The van der Waals surface area contributed by atoms with Gasteiger partial charge in [0.15, 0.2) is 12.1 Å². The van der Waals surface area contributed by atoms with Crippen LogP contribution in [0.1, 0.15) is 108 Å². The fraction of sp³-hybridized carbons (Fsp3) is 0.878. The van der Waals surface area contributed by atoms with Crippen molar-refractivity contribution in [2.45, 2.75) is 174 Å². The Balaban J connectivity index is 2.11. The number of cyclic esters (lactones) is 1. The van der Waals surface area contributed by atoms with E-state index in [1.165, 1.54) is 21.0 Å². The predicted octanol–water partition coefficient (Wildman–Crippen LogP) is 3.79. The molecule has 3 heterocycles. The molecule has 3 fully saturated rings. The largest absolute Gasteiger partial charge is 0.459 e. The lowest BCUT2D eigenvalue weighted by Crippen LogP contribution is -2.60. The molecule has 0 aromatic carbocycles. The number of carbonyl (C=O) groups is 2. The van der Waals surface area contributed by atoms with Gasteiger partial charge in [0.1, 0.15) is 29.8 Å². The summed E-state index contributed by atoms with van der Waals surface area (Å²) in [7, 11) is 3.43. The Kier molecular flexibility index (Phi) is 17.0. The molecule has 0 saturated carbocycles. The van der Waals surface area contributed by atoms with E-state index in [2.05, 4.69) is 24.7 Å². The number of likely N-dealkylation sites (tertiary alicyclic amines) is 1. The van der Waals surface area contributed by atoms with Gasteiger partial charge in [-0.25, -0.2) is 0 Å². The molecular weight excluding hydrogens is 694 g/mol. The van der Waals surface area contributed by atoms with Crippen molar-refractivity contribution >= 4 is 17.5 Å². The first-order valence-electron chi connectivity index (χ1n) is 20.0. The van der Waals surface area contributed by atoms with Crippen LogP contribution >= 0.6 is 0 Å². The Labute approximate surface area is 324 Å². The molecule has 13 atom stereocenters. The molecule has 0 aromatic rings. The lowest BCUT2D eigenvalue weighted by molar-refractivity contribution is -0.295. The highest BCUT2D eigenvalue weighted by atomic mass is 16.7. The predicted molar refractivity (Wildman–Crippen MR) is 206 cm³/mol. The van der Waals surface area contributed by atoms with Gasteiger partial charge >= 0.3 is 5.97 Å². The minimum atomic E-state index is -1.89. The molecule has 0 amide bonds. The molecule has 0 spiro atoms. The van der Waals surface area contributed by atoms with Crippen LogP contribution < -0.4 is 0 Å². The third kappa shape index (κ3) is 10.8. The van der Waals surface area contributed by atoms with Crippen LogP contribution in [0.5, 0.6) is 0 Å². The number of aliphatic hydroxyl groups is 3. The summed E-state index contributed by atoms with van der Waals surface area (Å²) in [4.78, 5) is 38.5. The molecule has 3 rings (SSSR count). The zero-order valence-electron chi connectivity index (χ0n) is 35.0. The van der Waals surface area contributed by atoms with Crippen LogP contribution in [0.25, 0.3) is 0 Å². The third-order valence-corrected chi connectivity index (χ3v) is 12.4. The number of ether oxygens (including phenoxy) is 4. The van der Waals surface area contributed by atoms with Gasteiger partial charge in [0.05, 0.1) is 29.6 Å². The van der Waals surface area contributed by atoms with E-state index in [0.29, 0.717) is 31.1 Å². The Hall–Kier alpha value is -2.15. The van der Waals surface area contributed by atoms with Crippen molar-refractivity contribution in [1.29, 1.82) is 0 Å². The lowest BCUT2D eigenvalue weighted by Gasteiger charge is -2.47. The number of ketones is 1. The van der Waals surface area contributed by atoms with Crippen LogP contribution in [0.15, 0.2) is 5.16 Å². The number of hydrogen-bond donors (Lipinski definition) is 3. The van der Waals surface area contributed by atoms with E-state index in [1.54, 1.807) is 20.8 Å². The van der Waals surface area contributed by atoms with Crippen molar-refractivity contribution in [3.8, 4) is 12.3 Å². The second-order valence-electron chi connectivity index (χ2n) is 16.9. The number of likely N-dealkylation sites (N-methyl/N-ethyl adjacent to an activating group) is 1. The minimum absolute atomic E-state index is 0.135. The molecule has 3 saturated heterocycles. The lowest BCUT2D eigenvalue weighted by atomic mass is 9.74. The maximum Gasteiger partial charge on any atom is 0.316 e. The molecule has 0 aromatic heterocycles. The number of carbonyl (C=O) groups excluding carboxylic acids is 2. The van der Waals surface area contributed by atoms with Crippen LogP contribution in [-0.4, -0.2) is 143 Å². The number of aliphatic hydroxyl groups excluding tert-OH is 2. The molecular formula is C41H71N3O10. The minimum Gasteiger partial charge on any atom is -0.459 e. The number of esters is 1. The van der Waals surface area contributed by atoms with E-state index in [1.807, 2.05) is 32.7 Å². The number of Topliss-reactive ketones (excluding diaryl/α,β-unsaturated/α-hetero) is 1. The summed E-state index contributed by atoms with van der Waals surface area (Å²) in [6.07, 6.45) is 2.37. The molecule has 13 heteroatoms. The van der Waals surface area contributed by atoms with Crippen molar-refractivity contribution in [3.63, 3.8) is 0 Å². The molecule has 0 aliphatic carbocycles. The number of terminal acetylenes is 1. The summed E-state index contributed by atoms with van der Waals surface area (Å²) in [5.74, 6) is -2.00. The molecule has 13 nitrogen and oxygen atoms in total. The second-order valence-corrected chi connectivity index (χ2v) is 16.9. The summed E-state index contributed by atoms with van der Waals surface area (Å²) < 4.78 is 25.0. The van der Waals surface area contributed by atoms with Gasteiger partial charge < -0.3 is 44.0 Å². The van der Waals surface area contributed by atoms with Gasteiger partial charge in [-0.05, 0) is 80.7 Å². The summed E-state index contributed by atoms with van der Waals surface area (Å²) >= 11 is 0. The summed E-state index contributed by atoms with van der Waals surface area (Å²) in [5.41, 5.74) is -2.63. The Morgan fingerprint density at radius 1 is 1.09 bits per heavy atom. The first kappa shape index (κ1) is 46.2. The topological polar surface area (TPSA) is 160 Å². The van der Waals surface area contributed by atoms with Gasteiger partial charge in [0.25, 0.3) is 0 Å². The van der Waals surface area contributed by atoms with Crippen molar-refractivity contribution in [1.82, 2.24) is 9.80 Å². The highest BCUT2D eigenvalue weighted by Gasteiger charge is 2.52. The van der Waals surface area contributed by atoms with Gasteiger partial charge in [0, 0.05) is 63.0 Å². The maximum atomic E-state index is 14.3. The second kappa shape index (κ2) is 19.8. The Bertz CT molecular complexity index is 1300. The average molecular weight is 766 g/mol. The van der Waals surface area contributed by atoms with Gasteiger partial charge in [-0.15, -0.1) is 12.3 Å². The van der Waals surface area contributed by atoms with Gasteiger partial charge in [-0.2, -0.15) is 0 Å². The molecule has 3 aliphatic heterocycles. The normalized spacial score (nSPS) is 40.7. The molecule has 310 valence electrons. The van der Waals surface area contributed by atoms with E-state index >= 15 is 0 Å². The zero-order chi connectivity index (χ0) is 40.7. The molecule has 3 aliphatic rings. The van der Waals surface area contributed by atoms with Crippen LogP contribution in [-0.2, 0) is 33.4 Å². The highest BCUT2D eigenvalue weighted by molar-refractivity contribution is 6.00.